The first-order valence-electron chi connectivity index (χ1n) is 12.4. The van der Waals surface area contributed by atoms with E-state index in [9.17, 15) is 0 Å². The lowest BCUT2D eigenvalue weighted by Gasteiger charge is -2.39. The fourth-order valence-electron chi connectivity index (χ4n) is 4.36. The Morgan fingerprint density at radius 2 is 1.41 bits per heavy atom. The lowest BCUT2D eigenvalue weighted by atomic mass is 10.1. The number of hydrogen-bond donors (Lipinski definition) is 0. The summed E-state index contributed by atoms with van der Waals surface area (Å²) in [6.45, 7) is 12.9. The summed E-state index contributed by atoms with van der Waals surface area (Å²) in [4.78, 5) is 0. The summed E-state index contributed by atoms with van der Waals surface area (Å²) in [6.07, 6.45) is 15.3. The minimum atomic E-state index is -1.82. The van der Waals surface area contributed by atoms with E-state index in [1.54, 1.807) is 0 Å². The van der Waals surface area contributed by atoms with E-state index < -0.39 is 17.5 Å². The van der Waals surface area contributed by atoms with Crippen LogP contribution in [0.25, 0.3) is 0 Å². The predicted octanol–water partition coefficient (Wildman–Crippen LogP) is 6.91. The van der Waals surface area contributed by atoms with Crippen molar-refractivity contribution in [2.45, 2.75) is 111 Å². The van der Waals surface area contributed by atoms with Crippen molar-refractivity contribution in [2.24, 2.45) is 0 Å². The fourth-order valence-corrected chi connectivity index (χ4v) is 12.2. The molecule has 2 atom stereocenters. The summed E-state index contributed by atoms with van der Waals surface area (Å²) in [6, 6.07) is 10.1. The molecule has 0 saturated carbocycles. The Morgan fingerprint density at radius 1 is 0.862 bits per heavy atom. The maximum Gasteiger partial charge on any atom is 0.257 e. The number of unbranched alkanes of at least 4 members (excludes halogenated alkanes) is 9. The van der Waals surface area contributed by atoms with E-state index >= 15 is 0 Å². The first kappa shape index (κ1) is 26.6. The van der Waals surface area contributed by atoms with Crippen LogP contribution in [0.15, 0.2) is 24.3 Å². The summed E-state index contributed by atoms with van der Waals surface area (Å²) < 4.78 is 9.58. The quantitative estimate of drug-likeness (QED) is 0.195. The van der Waals surface area contributed by atoms with Crippen molar-refractivity contribution in [3.05, 3.63) is 29.8 Å². The first-order chi connectivity index (χ1) is 13.9. The second kappa shape index (κ2) is 15.4. The molecule has 0 aromatic heterocycles. The highest BCUT2D eigenvalue weighted by atomic mass is 28.4. The minimum absolute atomic E-state index is 1.20. The maximum atomic E-state index is 6.95. The Bertz CT molecular complexity index is 539. The van der Waals surface area contributed by atoms with Crippen molar-refractivity contribution in [3.63, 3.8) is 0 Å². The van der Waals surface area contributed by atoms with Crippen LogP contribution in [0.4, 0.5) is 0 Å². The topological polar surface area (TPSA) is 12.5 Å². The molecule has 0 radical (unpaired) electrons. The van der Waals surface area contributed by atoms with Gasteiger partial charge in [0.2, 0.25) is 0 Å². The molecule has 0 heterocycles. The molecule has 168 valence electrons. The molecule has 0 fully saturated rings. The van der Waals surface area contributed by atoms with Crippen molar-refractivity contribution >= 4 is 22.7 Å². The van der Waals surface area contributed by atoms with Gasteiger partial charge in [-0.05, 0) is 56.8 Å². The molecule has 0 saturated heterocycles. The second-order valence-corrected chi connectivity index (χ2v) is 15.6. The number of aryl methyl sites for hydroxylation is 1. The van der Waals surface area contributed by atoms with E-state index in [0.29, 0.717) is 0 Å². The van der Waals surface area contributed by atoms with Crippen molar-refractivity contribution in [2.75, 3.05) is 13.6 Å². The zero-order valence-corrected chi connectivity index (χ0v) is 22.6. The molecule has 2 unspecified atom stereocenters. The monoisotopic (exact) mass is 435 g/mol. The van der Waals surface area contributed by atoms with Gasteiger partial charge in [-0.2, -0.15) is 0 Å². The van der Waals surface area contributed by atoms with Gasteiger partial charge in [0.25, 0.3) is 8.48 Å². The molecule has 2 nitrogen and oxygen atoms in total. The third kappa shape index (κ3) is 10.4. The lowest BCUT2D eigenvalue weighted by molar-refractivity contribution is 0.383. The van der Waals surface area contributed by atoms with E-state index in [1.807, 2.05) is 0 Å². The highest BCUT2D eigenvalue weighted by molar-refractivity contribution is 6.81. The third-order valence-corrected chi connectivity index (χ3v) is 14.7. The molecule has 29 heavy (non-hydrogen) atoms. The van der Waals surface area contributed by atoms with Crippen molar-refractivity contribution in [1.29, 1.82) is 0 Å². The van der Waals surface area contributed by atoms with Gasteiger partial charge in [-0.25, -0.2) is 0 Å². The van der Waals surface area contributed by atoms with Crippen LogP contribution >= 0.6 is 0 Å². The average Bonchev–Trinajstić information content (AvgIpc) is 2.69. The second-order valence-electron chi connectivity index (χ2n) is 9.15. The van der Waals surface area contributed by atoms with Crippen molar-refractivity contribution in [1.82, 2.24) is 4.57 Å². The van der Waals surface area contributed by atoms with Gasteiger partial charge < -0.3 is 8.68 Å². The molecule has 0 aliphatic heterocycles. The molecule has 0 aliphatic rings. The zero-order valence-electron chi connectivity index (χ0n) is 20.4. The highest BCUT2D eigenvalue weighted by Crippen LogP contribution is 2.20. The number of nitrogens with zero attached hydrogens (tertiary/aromatic N) is 1. The van der Waals surface area contributed by atoms with Gasteiger partial charge in [-0.3, -0.25) is 0 Å². The molecule has 1 aromatic rings. The first-order valence-corrected chi connectivity index (χ1v) is 17.2. The van der Waals surface area contributed by atoms with Crippen LogP contribution in [-0.4, -0.2) is 35.7 Å². The number of hydrogen-bond acceptors (Lipinski definition) is 2. The van der Waals surface area contributed by atoms with Gasteiger partial charge in [-0.15, -0.1) is 0 Å². The molecule has 1 rings (SSSR count). The summed E-state index contributed by atoms with van der Waals surface area (Å²) in [5.74, 6) is 0. The summed E-state index contributed by atoms with van der Waals surface area (Å²) in [5, 5.41) is 1.48. The maximum absolute atomic E-state index is 6.95. The molecule has 4 heteroatoms. The number of rotatable bonds is 17. The smallest absolute Gasteiger partial charge is 0.257 e. The van der Waals surface area contributed by atoms with Gasteiger partial charge in [0.15, 0.2) is 9.04 Å². The Balaban J connectivity index is 2.37. The zero-order chi connectivity index (χ0) is 21.5. The van der Waals surface area contributed by atoms with Crippen LogP contribution in [0.2, 0.25) is 19.1 Å². The van der Waals surface area contributed by atoms with E-state index in [0.717, 1.165) is 0 Å². The van der Waals surface area contributed by atoms with Gasteiger partial charge in [-0.1, -0.05) is 102 Å². The Morgan fingerprint density at radius 3 is 1.97 bits per heavy atom. The average molecular weight is 436 g/mol. The van der Waals surface area contributed by atoms with Gasteiger partial charge in [0.05, 0.1) is 0 Å². The van der Waals surface area contributed by atoms with E-state index in [2.05, 4.69) is 69.7 Å². The van der Waals surface area contributed by atoms with Gasteiger partial charge in [0, 0.05) is 0 Å². The van der Waals surface area contributed by atoms with Gasteiger partial charge in [0.1, 0.15) is 0 Å². The van der Waals surface area contributed by atoms with Gasteiger partial charge >= 0.3 is 0 Å². The third-order valence-electron chi connectivity index (χ3n) is 6.43. The predicted molar refractivity (Wildman–Crippen MR) is 136 cm³/mol. The van der Waals surface area contributed by atoms with Crippen molar-refractivity contribution < 1.29 is 4.12 Å². The number of benzene rings is 1. The molecule has 0 bridgehead atoms. The summed E-state index contributed by atoms with van der Waals surface area (Å²) >= 11 is 0. The summed E-state index contributed by atoms with van der Waals surface area (Å²) in [7, 11) is -0.854. The van der Waals surface area contributed by atoms with Crippen LogP contribution in [0.3, 0.4) is 0 Å². The fraction of sp³-hybridized carbons (Fsp3) is 0.760. The normalized spacial score (nSPS) is 14.9. The molecular weight excluding hydrogens is 386 g/mol. The minimum Gasteiger partial charge on any atom is -0.443 e. The van der Waals surface area contributed by atoms with Crippen LogP contribution in [0, 0.1) is 6.92 Å². The highest BCUT2D eigenvalue weighted by Gasteiger charge is 2.35. The van der Waals surface area contributed by atoms with E-state index in [-0.39, 0.29) is 0 Å². The molecular formula is C25H49NOSi2. The Labute approximate surface area is 185 Å². The molecule has 0 spiro atoms. The van der Waals surface area contributed by atoms with Crippen LogP contribution in [0.5, 0.6) is 0 Å². The largest absolute Gasteiger partial charge is 0.443 e. The molecule has 1 aromatic carbocycles. The summed E-state index contributed by atoms with van der Waals surface area (Å²) in [5.41, 5.74) is 1.40. The van der Waals surface area contributed by atoms with E-state index in [1.165, 1.54) is 94.0 Å². The lowest BCUT2D eigenvalue weighted by Crippen LogP contribution is -2.56. The Kier molecular flexibility index (Phi) is 14.1. The molecule has 0 aliphatic carbocycles. The molecule has 0 amide bonds. The van der Waals surface area contributed by atoms with Crippen LogP contribution in [0.1, 0.15) is 90.0 Å². The van der Waals surface area contributed by atoms with Crippen LogP contribution in [-0.2, 0) is 4.12 Å². The standard InChI is InChI=1S/C25H49NOSi2/c1-7-9-10-11-12-13-14-15-16-19-22-26(4)29(6,23-8-2)27-28(5)25-21-18-17-20-24(25)3/h17-18,20-21,28H,7-16,19,22-23H2,1-6H3. The van der Waals surface area contributed by atoms with E-state index in [4.69, 9.17) is 4.12 Å². The molecule has 0 N–H and O–H groups in total. The Hall–Kier alpha value is -0.426. The van der Waals surface area contributed by atoms with Crippen molar-refractivity contribution in [3.8, 4) is 0 Å². The SMILES string of the molecule is CCCCCCCCCCCCN(C)[Si](C)(CCC)O[SiH](C)c1ccccc1C. The van der Waals surface area contributed by atoms with Crippen LogP contribution < -0.4 is 5.19 Å².